The van der Waals surface area contributed by atoms with E-state index in [0.717, 1.165) is 37.1 Å². The van der Waals surface area contributed by atoms with E-state index in [1.54, 1.807) is 0 Å². The van der Waals surface area contributed by atoms with E-state index in [1.807, 2.05) is 32.0 Å². The molecule has 1 unspecified atom stereocenters. The van der Waals surface area contributed by atoms with Crippen LogP contribution in [0.15, 0.2) is 18.2 Å². The van der Waals surface area contributed by atoms with Crippen LogP contribution in [0.3, 0.4) is 0 Å². The summed E-state index contributed by atoms with van der Waals surface area (Å²) in [4.78, 5) is 18.0. The topological polar surface area (TPSA) is 50.8 Å². The van der Waals surface area contributed by atoms with Crippen molar-refractivity contribution < 1.29 is 14.4 Å². The third-order valence-electron chi connectivity index (χ3n) is 4.22. The Balaban J connectivity index is 2.30. The SMILES string of the molecule is CCN(O[C@@H](c1cc(Cl)ccc1C)C1CCCNC1)C(=O)OC. The number of benzene rings is 1. The van der Waals surface area contributed by atoms with Gasteiger partial charge in [-0.15, -0.1) is 0 Å². The highest BCUT2D eigenvalue weighted by Gasteiger charge is 2.31. The van der Waals surface area contributed by atoms with Gasteiger partial charge >= 0.3 is 6.09 Å². The molecule has 23 heavy (non-hydrogen) atoms. The standard InChI is InChI=1S/C17H25ClN2O3/c1-4-20(17(21)22-3)23-16(13-6-5-9-19-11-13)15-10-14(18)8-7-12(15)2/h7-8,10,13,16,19H,4-6,9,11H2,1-3H3/t13?,16-/m1/s1. The first-order valence-corrected chi connectivity index (χ1v) is 8.43. The molecule has 0 aliphatic carbocycles. The van der Waals surface area contributed by atoms with Gasteiger partial charge in [0, 0.05) is 24.0 Å². The van der Waals surface area contributed by atoms with E-state index in [1.165, 1.54) is 12.2 Å². The first-order valence-electron chi connectivity index (χ1n) is 8.05. The lowest BCUT2D eigenvalue weighted by Crippen LogP contribution is -2.39. The third kappa shape index (κ3) is 4.59. The fraction of sp³-hybridized carbons (Fsp3) is 0.588. The van der Waals surface area contributed by atoms with Crippen molar-refractivity contribution in [2.45, 2.75) is 32.8 Å². The van der Waals surface area contributed by atoms with E-state index in [9.17, 15) is 4.79 Å². The number of hydroxylamine groups is 2. The Morgan fingerprint density at radius 2 is 2.30 bits per heavy atom. The molecule has 1 aliphatic heterocycles. The molecule has 128 valence electrons. The van der Waals surface area contributed by atoms with Gasteiger partial charge in [0.15, 0.2) is 0 Å². The van der Waals surface area contributed by atoms with Gasteiger partial charge in [-0.1, -0.05) is 17.7 Å². The second-order valence-electron chi connectivity index (χ2n) is 5.80. The molecule has 6 heteroatoms. The van der Waals surface area contributed by atoms with Crippen LogP contribution in [0, 0.1) is 12.8 Å². The molecular formula is C17H25ClN2O3. The van der Waals surface area contributed by atoms with Gasteiger partial charge in [-0.2, -0.15) is 5.06 Å². The number of carbonyl (C=O) groups is 1. The molecular weight excluding hydrogens is 316 g/mol. The summed E-state index contributed by atoms with van der Waals surface area (Å²) in [7, 11) is 1.36. The number of rotatable bonds is 5. The van der Waals surface area contributed by atoms with Crippen LogP contribution in [0.2, 0.25) is 5.02 Å². The molecule has 1 N–H and O–H groups in total. The van der Waals surface area contributed by atoms with Crippen LogP contribution < -0.4 is 5.32 Å². The Bertz CT molecular complexity index is 533. The number of hydrogen-bond acceptors (Lipinski definition) is 4. The minimum atomic E-state index is -0.485. The molecule has 1 heterocycles. The Morgan fingerprint density at radius 3 is 2.91 bits per heavy atom. The average molecular weight is 341 g/mol. The summed E-state index contributed by atoms with van der Waals surface area (Å²) in [5.41, 5.74) is 2.12. The second-order valence-corrected chi connectivity index (χ2v) is 6.23. The number of methoxy groups -OCH3 is 1. The highest BCUT2D eigenvalue weighted by atomic mass is 35.5. The maximum Gasteiger partial charge on any atom is 0.433 e. The number of aryl methyl sites for hydroxylation is 1. The first kappa shape index (κ1) is 18.0. The molecule has 2 atom stereocenters. The van der Waals surface area contributed by atoms with Crippen molar-refractivity contribution in [1.29, 1.82) is 0 Å². The van der Waals surface area contributed by atoms with Gasteiger partial charge in [0.05, 0.1) is 7.11 Å². The Labute approximate surface area is 142 Å². The Hall–Kier alpha value is -1.30. The van der Waals surface area contributed by atoms with Crippen molar-refractivity contribution in [2.75, 3.05) is 26.7 Å². The maximum atomic E-state index is 11.9. The Morgan fingerprint density at radius 1 is 1.52 bits per heavy atom. The van der Waals surface area contributed by atoms with Gasteiger partial charge in [-0.05, 0) is 56.5 Å². The predicted octanol–water partition coefficient (Wildman–Crippen LogP) is 3.71. The zero-order valence-electron chi connectivity index (χ0n) is 14.0. The molecule has 0 aromatic heterocycles. The van der Waals surface area contributed by atoms with E-state index in [-0.39, 0.29) is 12.0 Å². The smallest absolute Gasteiger partial charge is 0.433 e. The van der Waals surface area contributed by atoms with Gasteiger partial charge in [0.25, 0.3) is 0 Å². The average Bonchev–Trinajstić information content (AvgIpc) is 2.58. The van der Waals surface area contributed by atoms with E-state index >= 15 is 0 Å². The number of ether oxygens (including phenoxy) is 1. The van der Waals surface area contributed by atoms with Crippen LogP contribution in [0.5, 0.6) is 0 Å². The highest BCUT2D eigenvalue weighted by Crippen LogP contribution is 2.34. The predicted molar refractivity (Wildman–Crippen MR) is 90.4 cm³/mol. The van der Waals surface area contributed by atoms with Crippen molar-refractivity contribution in [3.8, 4) is 0 Å². The summed E-state index contributed by atoms with van der Waals surface area (Å²) in [5.74, 6) is 0.277. The summed E-state index contributed by atoms with van der Waals surface area (Å²) in [6, 6.07) is 5.79. The van der Waals surface area contributed by atoms with Crippen LogP contribution in [0.4, 0.5) is 4.79 Å². The van der Waals surface area contributed by atoms with Crippen molar-refractivity contribution in [2.24, 2.45) is 5.92 Å². The molecule has 1 fully saturated rings. The Kier molecular flexibility index (Phi) is 6.69. The van der Waals surface area contributed by atoms with Gasteiger partial charge < -0.3 is 10.1 Å². The quantitative estimate of drug-likeness (QED) is 0.830. The van der Waals surface area contributed by atoms with Crippen LogP contribution in [0.1, 0.15) is 37.0 Å². The van der Waals surface area contributed by atoms with Crippen LogP contribution in [-0.2, 0) is 9.57 Å². The van der Waals surface area contributed by atoms with E-state index in [4.69, 9.17) is 21.2 Å². The fourth-order valence-corrected chi connectivity index (χ4v) is 3.12. The molecule has 1 aromatic rings. The van der Waals surface area contributed by atoms with Crippen LogP contribution >= 0.6 is 11.6 Å². The molecule has 1 saturated heterocycles. The molecule has 0 bridgehead atoms. The zero-order chi connectivity index (χ0) is 16.8. The largest absolute Gasteiger partial charge is 0.451 e. The monoisotopic (exact) mass is 340 g/mol. The number of hydrogen-bond donors (Lipinski definition) is 1. The fourth-order valence-electron chi connectivity index (χ4n) is 2.94. The second kappa shape index (κ2) is 8.52. The summed E-state index contributed by atoms with van der Waals surface area (Å²) in [6.07, 6.45) is 1.41. The lowest BCUT2D eigenvalue weighted by Gasteiger charge is -2.34. The van der Waals surface area contributed by atoms with Crippen molar-refractivity contribution in [3.63, 3.8) is 0 Å². The number of amides is 1. The summed E-state index contributed by atoms with van der Waals surface area (Å²) in [5, 5.41) is 5.35. The molecule has 2 rings (SSSR count). The van der Waals surface area contributed by atoms with Crippen LogP contribution in [0.25, 0.3) is 0 Å². The van der Waals surface area contributed by atoms with E-state index in [2.05, 4.69) is 5.32 Å². The van der Waals surface area contributed by atoms with Gasteiger partial charge in [-0.25, -0.2) is 4.79 Å². The van der Waals surface area contributed by atoms with Gasteiger partial charge in [0.2, 0.25) is 0 Å². The minimum Gasteiger partial charge on any atom is -0.451 e. The van der Waals surface area contributed by atoms with Crippen molar-refractivity contribution in [3.05, 3.63) is 34.3 Å². The lowest BCUT2D eigenvalue weighted by molar-refractivity contribution is -0.190. The molecule has 1 aromatic carbocycles. The maximum absolute atomic E-state index is 11.9. The molecule has 1 amide bonds. The number of nitrogens with zero attached hydrogens (tertiary/aromatic N) is 1. The lowest BCUT2D eigenvalue weighted by atomic mass is 9.87. The minimum absolute atomic E-state index is 0.236. The molecule has 1 aliphatic rings. The molecule has 0 spiro atoms. The third-order valence-corrected chi connectivity index (χ3v) is 4.45. The highest BCUT2D eigenvalue weighted by molar-refractivity contribution is 6.30. The normalized spacial score (nSPS) is 19.2. The summed E-state index contributed by atoms with van der Waals surface area (Å²) in [6.45, 7) is 6.19. The van der Waals surface area contributed by atoms with E-state index in [0.29, 0.717) is 11.6 Å². The number of piperidine rings is 1. The molecule has 0 saturated carbocycles. The van der Waals surface area contributed by atoms with Gasteiger partial charge in [-0.3, -0.25) is 4.84 Å². The number of nitrogens with one attached hydrogen (secondary N) is 1. The first-order chi connectivity index (χ1) is 11.1. The van der Waals surface area contributed by atoms with Crippen molar-refractivity contribution >= 4 is 17.7 Å². The number of carbonyl (C=O) groups excluding carboxylic acids is 1. The van der Waals surface area contributed by atoms with E-state index < -0.39 is 6.09 Å². The zero-order valence-corrected chi connectivity index (χ0v) is 14.7. The number of halogens is 1. The summed E-state index contributed by atoms with van der Waals surface area (Å²) >= 11 is 6.18. The van der Waals surface area contributed by atoms with Crippen molar-refractivity contribution in [1.82, 2.24) is 10.4 Å². The molecule has 0 radical (unpaired) electrons. The van der Waals surface area contributed by atoms with Crippen LogP contribution in [-0.4, -0.2) is 37.9 Å². The van der Waals surface area contributed by atoms with Gasteiger partial charge in [0.1, 0.15) is 6.10 Å². The molecule has 5 nitrogen and oxygen atoms in total. The summed E-state index contributed by atoms with van der Waals surface area (Å²) < 4.78 is 4.80.